The maximum absolute atomic E-state index is 5.77. The zero-order chi connectivity index (χ0) is 13.0. The van der Waals surface area contributed by atoms with Crippen molar-refractivity contribution in [3.63, 3.8) is 0 Å². The Morgan fingerprint density at radius 2 is 1.89 bits per heavy atom. The van der Waals surface area contributed by atoms with Gasteiger partial charge in [-0.05, 0) is 24.6 Å². The summed E-state index contributed by atoms with van der Waals surface area (Å²) in [4.78, 5) is 0. The van der Waals surface area contributed by atoms with Crippen molar-refractivity contribution in [3.05, 3.63) is 41.6 Å². The Labute approximate surface area is 106 Å². The minimum Gasteiger partial charge on any atom is -0.484 e. The van der Waals surface area contributed by atoms with Gasteiger partial charge in [-0.3, -0.25) is 0 Å². The molecule has 0 radical (unpaired) electrons. The molecule has 1 aromatic carbocycles. The summed E-state index contributed by atoms with van der Waals surface area (Å²) in [7, 11) is 0. The average Bonchev–Trinajstić information content (AvgIpc) is 2.85. The van der Waals surface area contributed by atoms with E-state index in [1.165, 1.54) is 0 Å². The van der Waals surface area contributed by atoms with Gasteiger partial charge in [0.2, 0.25) is 5.89 Å². The van der Waals surface area contributed by atoms with Crippen LogP contribution in [0.25, 0.3) is 0 Å². The molecule has 0 aliphatic carbocycles. The van der Waals surface area contributed by atoms with Crippen LogP contribution in [0.1, 0.15) is 37.2 Å². The highest BCUT2D eigenvalue weighted by Gasteiger charge is 2.05. The highest BCUT2D eigenvalue weighted by atomic mass is 16.5. The molecule has 2 rings (SSSR count). The van der Waals surface area contributed by atoms with E-state index in [0.29, 0.717) is 11.8 Å². The smallest absolute Gasteiger partial charge is 0.253 e. The molecule has 1 heterocycles. The second kappa shape index (κ2) is 5.64. The Hall–Kier alpha value is -1.88. The van der Waals surface area contributed by atoms with Gasteiger partial charge in [0.1, 0.15) is 5.75 Å². The fraction of sp³-hybridized carbons (Fsp3) is 0.385. The topological polar surface area (TPSA) is 74.2 Å². The first-order chi connectivity index (χ1) is 8.69. The number of benzene rings is 1. The standard InChI is InChI=1S/C13H17N3O2/c1-3-12-15-16-13(18-12)8-17-11-6-4-10(5-7-11)9(2)14/h4-7,9H,3,8,14H2,1-2H3. The van der Waals surface area contributed by atoms with E-state index in [1.807, 2.05) is 38.1 Å². The van der Waals surface area contributed by atoms with Crippen LogP contribution >= 0.6 is 0 Å². The lowest BCUT2D eigenvalue weighted by Crippen LogP contribution is -2.04. The number of rotatable bonds is 5. The molecule has 0 saturated carbocycles. The van der Waals surface area contributed by atoms with Crippen LogP contribution in [0.5, 0.6) is 5.75 Å². The molecule has 96 valence electrons. The lowest BCUT2D eigenvalue weighted by atomic mass is 10.1. The molecule has 1 aromatic heterocycles. The van der Waals surface area contributed by atoms with E-state index in [-0.39, 0.29) is 12.6 Å². The third-order valence-corrected chi connectivity index (χ3v) is 2.58. The van der Waals surface area contributed by atoms with Crippen molar-refractivity contribution in [1.29, 1.82) is 0 Å². The molecule has 0 spiro atoms. The molecule has 2 N–H and O–H groups in total. The normalized spacial score (nSPS) is 12.4. The maximum atomic E-state index is 5.77. The number of nitrogens with two attached hydrogens (primary N) is 1. The highest BCUT2D eigenvalue weighted by Crippen LogP contribution is 2.17. The van der Waals surface area contributed by atoms with Crippen molar-refractivity contribution >= 4 is 0 Å². The van der Waals surface area contributed by atoms with E-state index < -0.39 is 0 Å². The second-order valence-corrected chi connectivity index (χ2v) is 4.09. The summed E-state index contributed by atoms with van der Waals surface area (Å²) in [5.74, 6) is 1.87. The Kier molecular flexibility index (Phi) is 3.94. The van der Waals surface area contributed by atoms with Gasteiger partial charge in [0.15, 0.2) is 6.61 Å². The molecule has 0 aliphatic heterocycles. The van der Waals surface area contributed by atoms with Crippen LogP contribution in [0.2, 0.25) is 0 Å². The molecule has 0 amide bonds. The lowest BCUT2D eigenvalue weighted by Gasteiger charge is -2.07. The fourth-order valence-corrected chi connectivity index (χ4v) is 1.50. The number of nitrogens with zero attached hydrogens (tertiary/aromatic N) is 2. The first-order valence-electron chi connectivity index (χ1n) is 5.98. The predicted octanol–water partition coefficient (Wildman–Crippen LogP) is 2.23. The van der Waals surface area contributed by atoms with Gasteiger partial charge in [-0.25, -0.2) is 0 Å². The molecule has 2 aromatic rings. The van der Waals surface area contributed by atoms with Crippen molar-refractivity contribution < 1.29 is 9.15 Å². The van der Waals surface area contributed by atoms with E-state index in [4.69, 9.17) is 14.9 Å². The van der Waals surface area contributed by atoms with Crippen LogP contribution in [0.3, 0.4) is 0 Å². The summed E-state index contributed by atoms with van der Waals surface area (Å²) in [5.41, 5.74) is 6.85. The summed E-state index contributed by atoms with van der Waals surface area (Å²) in [5, 5.41) is 7.76. The van der Waals surface area contributed by atoms with Gasteiger partial charge in [-0.15, -0.1) is 10.2 Å². The minimum absolute atomic E-state index is 0.0297. The Morgan fingerprint density at radius 1 is 1.22 bits per heavy atom. The number of aromatic nitrogens is 2. The van der Waals surface area contributed by atoms with Crippen LogP contribution in [0, 0.1) is 0 Å². The molecule has 5 nitrogen and oxygen atoms in total. The van der Waals surface area contributed by atoms with E-state index in [2.05, 4.69) is 10.2 Å². The van der Waals surface area contributed by atoms with Gasteiger partial charge < -0.3 is 14.9 Å². The summed E-state index contributed by atoms with van der Waals surface area (Å²) in [6.07, 6.45) is 0.732. The van der Waals surface area contributed by atoms with Crippen LogP contribution < -0.4 is 10.5 Å². The van der Waals surface area contributed by atoms with Crippen LogP contribution in [-0.2, 0) is 13.0 Å². The quantitative estimate of drug-likeness (QED) is 0.877. The average molecular weight is 247 g/mol. The third-order valence-electron chi connectivity index (χ3n) is 2.58. The minimum atomic E-state index is 0.0297. The molecular formula is C13H17N3O2. The summed E-state index contributed by atoms with van der Waals surface area (Å²) in [6.45, 7) is 4.19. The van der Waals surface area contributed by atoms with E-state index in [1.54, 1.807) is 0 Å². The van der Waals surface area contributed by atoms with Gasteiger partial charge >= 0.3 is 0 Å². The second-order valence-electron chi connectivity index (χ2n) is 4.09. The zero-order valence-corrected chi connectivity index (χ0v) is 10.6. The number of aryl methyl sites for hydroxylation is 1. The van der Waals surface area contributed by atoms with Crippen molar-refractivity contribution in [2.24, 2.45) is 5.73 Å². The Morgan fingerprint density at radius 3 is 2.44 bits per heavy atom. The van der Waals surface area contributed by atoms with Crippen LogP contribution in [-0.4, -0.2) is 10.2 Å². The first-order valence-corrected chi connectivity index (χ1v) is 5.98. The Balaban J connectivity index is 1.93. The zero-order valence-electron chi connectivity index (χ0n) is 10.6. The SMILES string of the molecule is CCc1nnc(COc2ccc(C(C)N)cc2)o1. The van der Waals surface area contributed by atoms with E-state index in [9.17, 15) is 0 Å². The highest BCUT2D eigenvalue weighted by molar-refractivity contribution is 5.28. The maximum Gasteiger partial charge on any atom is 0.253 e. The summed E-state index contributed by atoms with van der Waals surface area (Å²) >= 11 is 0. The molecule has 0 fully saturated rings. The van der Waals surface area contributed by atoms with Gasteiger partial charge in [0.05, 0.1) is 0 Å². The molecule has 18 heavy (non-hydrogen) atoms. The molecule has 1 unspecified atom stereocenters. The van der Waals surface area contributed by atoms with E-state index >= 15 is 0 Å². The van der Waals surface area contributed by atoms with Gasteiger partial charge in [-0.1, -0.05) is 19.1 Å². The largest absolute Gasteiger partial charge is 0.484 e. The van der Waals surface area contributed by atoms with Crippen LogP contribution in [0.15, 0.2) is 28.7 Å². The molecular weight excluding hydrogens is 230 g/mol. The van der Waals surface area contributed by atoms with Gasteiger partial charge in [-0.2, -0.15) is 0 Å². The van der Waals surface area contributed by atoms with E-state index in [0.717, 1.165) is 17.7 Å². The van der Waals surface area contributed by atoms with Crippen LogP contribution in [0.4, 0.5) is 0 Å². The lowest BCUT2D eigenvalue weighted by molar-refractivity contribution is 0.259. The first kappa shape index (κ1) is 12.6. The molecule has 5 heteroatoms. The third kappa shape index (κ3) is 3.07. The predicted molar refractivity (Wildman–Crippen MR) is 67.1 cm³/mol. The molecule has 1 atom stereocenters. The number of ether oxygens (including phenoxy) is 1. The number of hydrogen-bond donors (Lipinski definition) is 1. The van der Waals surface area contributed by atoms with Crippen molar-refractivity contribution in [2.45, 2.75) is 32.9 Å². The van der Waals surface area contributed by atoms with Gasteiger partial charge in [0, 0.05) is 12.5 Å². The van der Waals surface area contributed by atoms with Gasteiger partial charge in [0.25, 0.3) is 5.89 Å². The number of hydrogen-bond acceptors (Lipinski definition) is 5. The van der Waals surface area contributed by atoms with Crippen molar-refractivity contribution in [1.82, 2.24) is 10.2 Å². The molecule has 0 bridgehead atoms. The van der Waals surface area contributed by atoms with Crippen molar-refractivity contribution in [2.75, 3.05) is 0 Å². The summed E-state index contributed by atoms with van der Waals surface area (Å²) < 4.78 is 10.9. The fourth-order valence-electron chi connectivity index (χ4n) is 1.50. The molecule has 0 saturated heterocycles. The molecule has 0 aliphatic rings. The van der Waals surface area contributed by atoms with Crippen molar-refractivity contribution in [3.8, 4) is 5.75 Å². The Bertz CT molecular complexity index is 491. The monoisotopic (exact) mass is 247 g/mol. The summed E-state index contributed by atoms with van der Waals surface area (Å²) in [6, 6.07) is 7.70.